The van der Waals surface area contributed by atoms with Crippen LogP contribution in [-0.4, -0.2) is 10.7 Å². The van der Waals surface area contributed by atoms with Gasteiger partial charge in [0, 0.05) is 23.0 Å². The van der Waals surface area contributed by atoms with Crippen molar-refractivity contribution in [3.63, 3.8) is 0 Å². The second-order valence-electron chi connectivity index (χ2n) is 6.80. The first kappa shape index (κ1) is 20.0. The molecule has 0 spiro atoms. The van der Waals surface area contributed by atoms with Crippen molar-refractivity contribution in [2.24, 2.45) is 0 Å². The van der Waals surface area contributed by atoms with E-state index in [-0.39, 0.29) is 11.3 Å². The van der Waals surface area contributed by atoms with Gasteiger partial charge < -0.3 is 4.90 Å². The van der Waals surface area contributed by atoms with Crippen LogP contribution in [0.4, 0.5) is 27.1 Å². The molecule has 0 saturated carbocycles. The van der Waals surface area contributed by atoms with E-state index in [2.05, 4.69) is 0 Å². The minimum atomic E-state index is -0.575. The largest absolute Gasteiger partial charge is 0.310 e. The first-order valence-electron chi connectivity index (χ1n) is 9.53. The highest BCUT2D eigenvalue weighted by Gasteiger charge is 2.24. The molecule has 0 aliphatic heterocycles. The summed E-state index contributed by atoms with van der Waals surface area (Å²) in [4.78, 5) is 25.8. The number of nitro benzene ring substituents is 1. The van der Waals surface area contributed by atoms with E-state index in [1.165, 1.54) is 24.3 Å². The molecule has 0 atom stereocenters. The normalized spacial score (nSPS) is 10.5. The Kier molecular flexibility index (Phi) is 5.53. The summed E-state index contributed by atoms with van der Waals surface area (Å²) >= 11 is 0. The van der Waals surface area contributed by atoms with Gasteiger partial charge in [0.2, 0.25) is 0 Å². The summed E-state index contributed by atoms with van der Waals surface area (Å²) in [6, 6.07) is 27.9. The molecule has 4 aromatic rings. The van der Waals surface area contributed by atoms with Gasteiger partial charge >= 0.3 is 0 Å². The standard InChI is InChI=1S/C25H17FN2O3/c26-19-10-7-13-21(16-19)27(20-11-5-2-6-12-20)22-14-15-23(24(17-22)28(30)31)25(29)18-8-3-1-4-9-18/h1-17H. The average molecular weight is 412 g/mol. The van der Waals surface area contributed by atoms with E-state index >= 15 is 0 Å². The molecular formula is C25H17FN2O3. The third-order valence-corrected chi connectivity index (χ3v) is 4.80. The second kappa shape index (κ2) is 8.59. The number of ketones is 1. The predicted octanol–water partition coefficient (Wildman–Crippen LogP) is 6.43. The Balaban J connectivity index is 1.86. The lowest BCUT2D eigenvalue weighted by Crippen LogP contribution is -2.12. The average Bonchev–Trinajstić information content (AvgIpc) is 2.80. The van der Waals surface area contributed by atoms with E-state index in [9.17, 15) is 19.3 Å². The van der Waals surface area contributed by atoms with Crippen LogP contribution in [-0.2, 0) is 0 Å². The summed E-state index contributed by atoms with van der Waals surface area (Å²) in [5, 5.41) is 11.8. The summed E-state index contributed by atoms with van der Waals surface area (Å²) in [6.45, 7) is 0. The second-order valence-corrected chi connectivity index (χ2v) is 6.80. The number of hydrogen-bond acceptors (Lipinski definition) is 4. The molecule has 152 valence electrons. The Morgan fingerprint density at radius 2 is 1.35 bits per heavy atom. The van der Waals surface area contributed by atoms with E-state index in [4.69, 9.17) is 0 Å². The van der Waals surface area contributed by atoms with Gasteiger partial charge in [0.05, 0.1) is 10.6 Å². The molecule has 4 aromatic carbocycles. The van der Waals surface area contributed by atoms with Crippen molar-refractivity contribution in [3.05, 3.63) is 130 Å². The van der Waals surface area contributed by atoms with Gasteiger partial charge in [-0.3, -0.25) is 14.9 Å². The zero-order chi connectivity index (χ0) is 21.8. The fourth-order valence-electron chi connectivity index (χ4n) is 3.39. The summed E-state index contributed by atoms with van der Waals surface area (Å²) in [5.41, 5.74) is 1.68. The van der Waals surface area contributed by atoms with E-state index in [1.54, 1.807) is 53.4 Å². The number of hydrogen-bond donors (Lipinski definition) is 0. The van der Waals surface area contributed by atoms with Gasteiger partial charge in [-0.25, -0.2) is 4.39 Å². The molecular weight excluding hydrogens is 395 g/mol. The first-order chi connectivity index (χ1) is 15.0. The maximum Gasteiger partial charge on any atom is 0.282 e. The summed E-state index contributed by atoms with van der Waals surface area (Å²) in [7, 11) is 0. The predicted molar refractivity (Wildman–Crippen MR) is 118 cm³/mol. The molecule has 0 bridgehead atoms. The Hall–Kier alpha value is -4.32. The molecule has 0 aliphatic carbocycles. The highest BCUT2D eigenvalue weighted by atomic mass is 19.1. The van der Waals surface area contributed by atoms with Crippen LogP contribution in [0.5, 0.6) is 0 Å². The van der Waals surface area contributed by atoms with Crippen molar-refractivity contribution < 1.29 is 14.1 Å². The molecule has 0 aromatic heterocycles. The molecule has 0 fully saturated rings. The Bertz CT molecular complexity index is 1240. The maximum absolute atomic E-state index is 13.9. The van der Waals surface area contributed by atoms with Crippen LogP contribution in [0.3, 0.4) is 0 Å². The molecule has 31 heavy (non-hydrogen) atoms. The lowest BCUT2D eigenvalue weighted by Gasteiger charge is -2.25. The molecule has 6 heteroatoms. The van der Waals surface area contributed by atoms with Gasteiger partial charge in [0.1, 0.15) is 11.4 Å². The molecule has 0 radical (unpaired) electrons. The fraction of sp³-hybridized carbons (Fsp3) is 0. The number of nitrogens with zero attached hydrogens (tertiary/aromatic N) is 2. The van der Waals surface area contributed by atoms with Crippen molar-refractivity contribution in [1.82, 2.24) is 0 Å². The Morgan fingerprint density at radius 3 is 2.00 bits per heavy atom. The van der Waals surface area contributed by atoms with Crippen LogP contribution in [0.25, 0.3) is 0 Å². The van der Waals surface area contributed by atoms with Crippen molar-refractivity contribution in [2.45, 2.75) is 0 Å². The van der Waals surface area contributed by atoms with Crippen LogP contribution in [0, 0.1) is 15.9 Å². The quantitative estimate of drug-likeness (QED) is 0.208. The molecule has 0 heterocycles. The zero-order valence-corrected chi connectivity index (χ0v) is 16.3. The lowest BCUT2D eigenvalue weighted by molar-refractivity contribution is -0.385. The van der Waals surface area contributed by atoms with Crippen LogP contribution >= 0.6 is 0 Å². The van der Waals surface area contributed by atoms with Gasteiger partial charge in [-0.15, -0.1) is 0 Å². The summed E-state index contributed by atoms with van der Waals surface area (Å²) < 4.78 is 13.9. The van der Waals surface area contributed by atoms with Gasteiger partial charge in [-0.05, 0) is 42.5 Å². The monoisotopic (exact) mass is 412 g/mol. The minimum Gasteiger partial charge on any atom is -0.310 e. The van der Waals surface area contributed by atoms with E-state index in [0.29, 0.717) is 22.6 Å². The van der Waals surface area contributed by atoms with Crippen molar-refractivity contribution in [3.8, 4) is 0 Å². The molecule has 0 N–H and O–H groups in total. The van der Waals surface area contributed by atoms with Crippen LogP contribution in [0.1, 0.15) is 15.9 Å². The van der Waals surface area contributed by atoms with E-state index in [1.807, 2.05) is 30.3 Å². The lowest BCUT2D eigenvalue weighted by atomic mass is 10.0. The summed E-state index contributed by atoms with van der Waals surface area (Å²) in [6.07, 6.45) is 0. The molecule has 0 unspecified atom stereocenters. The highest BCUT2D eigenvalue weighted by molar-refractivity contribution is 6.11. The number of nitro groups is 1. The third kappa shape index (κ3) is 4.18. The molecule has 0 aliphatic rings. The number of benzene rings is 4. The fourth-order valence-corrected chi connectivity index (χ4v) is 3.39. The highest BCUT2D eigenvalue weighted by Crippen LogP contribution is 2.37. The number of halogens is 1. The smallest absolute Gasteiger partial charge is 0.282 e. The van der Waals surface area contributed by atoms with E-state index < -0.39 is 16.5 Å². The number of para-hydroxylation sites is 1. The number of anilines is 3. The Labute approximate surface area is 178 Å². The first-order valence-corrected chi connectivity index (χ1v) is 9.53. The van der Waals surface area contributed by atoms with Crippen molar-refractivity contribution in [2.75, 3.05) is 4.90 Å². The van der Waals surface area contributed by atoms with E-state index in [0.717, 1.165) is 0 Å². The Morgan fingerprint density at radius 1 is 0.742 bits per heavy atom. The van der Waals surface area contributed by atoms with Crippen molar-refractivity contribution in [1.29, 1.82) is 0 Å². The topological polar surface area (TPSA) is 63.5 Å². The number of carbonyl (C=O) groups is 1. The maximum atomic E-state index is 13.9. The molecule has 5 nitrogen and oxygen atoms in total. The van der Waals surface area contributed by atoms with Gasteiger partial charge in [-0.1, -0.05) is 54.6 Å². The van der Waals surface area contributed by atoms with Crippen molar-refractivity contribution >= 4 is 28.5 Å². The van der Waals surface area contributed by atoms with Crippen LogP contribution < -0.4 is 4.90 Å². The van der Waals surface area contributed by atoms with Crippen LogP contribution in [0.2, 0.25) is 0 Å². The summed E-state index contributed by atoms with van der Waals surface area (Å²) in [5.74, 6) is -0.861. The minimum absolute atomic E-state index is 0.00722. The third-order valence-electron chi connectivity index (χ3n) is 4.80. The van der Waals surface area contributed by atoms with Gasteiger partial charge in [0.25, 0.3) is 5.69 Å². The van der Waals surface area contributed by atoms with Gasteiger partial charge in [-0.2, -0.15) is 0 Å². The number of carbonyl (C=O) groups excluding carboxylic acids is 1. The number of rotatable bonds is 6. The molecule has 4 rings (SSSR count). The van der Waals surface area contributed by atoms with Crippen LogP contribution in [0.15, 0.2) is 103 Å². The van der Waals surface area contributed by atoms with Gasteiger partial charge in [0.15, 0.2) is 5.78 Å². The SMILES string of the molecule is O=C(c1ccccc1)c1ccc(N(c2ccccc2)c2cccc(F)c2)cc1[N+](=O)[O-]. The molecule has 0 amide bonds. The molecule has 0 saturated heterocycles. The zero-order valence-electron chi connectivity index (χ0n) is 16.3.